The van der Waals surface area contributed by atoms with E-state index in [1.807, 2.05) is 0 Å². The van der Waals surface area contributed by atoms with Crippen molar-refractivity contribution in [2.24, 2.45) is 0 Å². The van der Waals surface area contributed by atoms with Gasteiger partial charge in [0.15, 0.2) is 11.8 Å². The van der Waals surface area contributed by atoms with Crippen LogP contribution in [0.15, 0.2) is 34.9 Å². The quantitative estimate of drug-likeness (QED) is 0.509. The normalized spacial score (nSPS) is 22.1. The summed E-state index contributed by atoms with van der Waals surface area (Å²) in [5.74, 6) is -3.21. The Hall–Kier alpha value is -3.16. The summed E-state index contributed by atoms with van der Waals surface area (Å²) in [6.07, 6.45) is 0.716. The lowest BCUT2D eigenvalue weighted by atomic mass is 9.99. The molecule has 3 heterocycles. The molecule has 0 saturated carbocycles. The highest BCUT2D eigenvalue weighted by Crippen LogP contribution is 2.38. The van der Waals surface area contributed by atoms with E-state index < -0.39 is 51.3 Å². The minimum atomic E-state index is -3.46. The molecule has 2 fully saturated rings. The third-order valence-corrected chi connectivity index (χ3v) is 7.12. The largest absolute Gasteiger partial charge is 0.356 e. The molecule has 0 aliphatic carbocycles. The molecule has 192 valence electrons. The first-order valence-electron chi connectivity index (χ1n) is 11.3. The van der Waals surface area contributed by atoms with Gasteiger partial charge in [-0.05, 0) is 19.4 Å². The molecule has 5 rings (SSSR count). The molecule has 2 amide bonds. The number of carbonyl (C=O) groups is 1. The van der Waals surface area contributed by atoms with Crippen LogP contribution in [0, 0.1) is 17.5 Å². The van der Waals surface area contributed by atoms with Gasteiger partial charge >= 0.3 is 6.03 Å². The zero-order valence-electron chi connectivity index (χ0n) is 19.4. The van der Waals surface area contributed by atoms with Crippen molar-refractivity contribution in [2.75, 3.05) is 19.4 Å². The van der Waals surface area contributed by atoms with Crippen LogP contribution in [0.3, 0.4) is 0 Å². The summed E-state index contributed by atoms with van der Waals surface area (Å²) in [5.41, 5.74) is 0.157. The number of benzene rings is 2. The van der Waals surface area contributed by atoms with Crippen LogP contribution >= 0.6 is 0 Å². The number of amides is 2. The summed E-state index contributed by atoms with van der Waals surface area (Å²) in [5, 5.41) is 4.34. The topological polar surface area (TPSA) is 105 Å². The van der Waals surface area contributed by atoms with E-state index in [0.29, 0.717) is 25.2 Å². The van der Waals surface area contributed by atoms with Gasteiger partial charge in [0.05, 0.1) is 29.8 Å². The molecule has 3 aromatic rings. The van der Waals surface area contributed by atoms with Crippen LogP contribution in [0.5, 0.6) is 0 Å². The van der Waals surface area contributed by atoms with Crippen molar-refractivity contribution < 1.29 is 35.6 Å². The van der Waals surface area contributed by atoms with Crippen LogP contribution in [0.4, 0.5) is 18.0 Å². The van der Waals surface area contributed by atoms with Crippen molar-refractivity contribution in [3.8, 4) is 11.1 Å². The lowest BCUT2D eigenvalue weighted by Crippen LogP contribution is -2.42. The highest BCUT2D eigenvalue weighted by atomic mass is 32.2. The fourth-order valence-electron chi connectivity index (χ4n) is 5.09. The molecule has 13 heteroatoms. The fraction of sp³-hybridized carbons (Fsp3) is 0.391. The number of rotatable bonds is 7. The number of halogens is 3. The molecule has 2 aromatic carbocycles. The highest BCUT2D eigenvalue weighted by molar-refractivity contribution is 7.88. The van der Waals surface area contributed by atoms with Crippen molar-refractivity contribution >= 4 is 27.0 Å². The Kier molecular flexibility index (Phi) is 6.17. The van der Waals surface area contributed by atoms with Crippen LogP contribution in [-0.4, -0.2) is 67.1 Å². The van der Waals surface area contributed by atoms with Crippen LogP contribution in [-0.2, 0) is 21.3 Å². The number of aromatic nitrogens is 1. The number of urea groups is 1. The molecule has 1 aromatic heterocycles. The van der Waals surface area contributed by atoms with Gasteiger partial charge < -0.3 is 14.2 Å². The lowest BCUT2D eigenvalue weighted by molar-refractivity contribution is -0.0347. The molecular formula is C23H23F3N4O5S. The smallest absolute Gasteiger partial charge is 0.322 e. The molecule has 1 N–H and O–H groups in total. The average Bonchev–Trinajstić information content (AvgIpc) is 3.43. The summed E-state index contributed by atoms with van der Waals surface area (Å²) in [6, 6.07) is 4.52. The number of hydrogen-bond donors (Lipinski definition) is 1. The Morgan fingerprint density at radius 3 is 2.61 bits per heavy atom. The second-order valence-corrected chi connectivity index (χ2v) is 10.6. The number of fused-ring (bicyclic) bond motifs is 2. The SMILES string of the molecule is CCO[C@@H]1[C@@H]2C[C@H](NS(C)(=O)=O)CN2C(=O)N1Cc1noc2cccc(-c3c(F)cc(F)cc3F)c12. The summed E-state index contributed by atoms with van der Waals surface area (Å²) in [4.78, 5) is 16.3. The summed E-state index contributed by atoms with van der Waals surface area (Å²) < 4.78 is 79.9. The van der Waals surface area contributed by atoms with E-state index in [9.17, 15) is 26.4 Å². The Balaban J connectivity index is 1.50. The molecule has 36 heavy (non-hydrogen) atoms. The number of hydrogen-bond acceptors (Lipinski definition) is 6. The zero-order chi connectivity index (χ0) is 25.8. The molecule has 2 aliphatic heterocycles. The Morgan fingerprint density at radius 2 is 1.94 bits per heavy atom. The van der Waals surface area contributed by atoms with Crippen LogP contribution in [0.2, 0.25) is 0 Å². The van der Waals surface area contributed by atoms with E-state index >= 15 is 0 Å². The van der Waals surface area contributed by atoms with Gasteiger partial charge in [-0.1, -0.05) is 17.3 Å². The first-order valence-corrected chi connectivity index (χ1v) is 13.1. The van der Waals surface area contributed by atoms with E-state index in [-0.39, 0.29) is 41.3 Å². The van der Waals surface area contributed by atoms with Crippen molar-refractivity contribution in [3.63, 3.8) is 0 Å². The number of carbonyl (C=O) groups excluding carboxylic acids is 1. The molecule has 0 bridgehead atoms. The average molecular weight is 525 g/mol. The minimum absolute atomic E-state index is 0.0882. The molecule has 0 spiro atoms. The van der Waals surface area contributed by atoms with Gasteiger partial charge in [0, 0.05) is 36.9 Å². The maximum atomic E-state index is 14.6. The van der Waals surface area contributed by atoms with Gasteiger partial charge in [-0.25, -0.2) is 31.1 Å². The van der Waals surface area contributed by atoms with E-state index in [4.69, 9.17) is 9.26 Å². The van der Waals surface area contributed by atoms with Crippen LogP contribution < -0.4 is 4.72 Å². The van der Waals surface area contributed by atoms with E-state index in [0.717, 1.165) is 6.26 Å². The third-order valence-electron chi connectivity index (χ3n) is 6.35. The van der Waals surface area contributed by atoms with Gasteiger partial charge in [0.2, 0.25) is 10.0 Å². The van der Waals surface area contributed by atoms with Crippen molar-refractivity contribution in [3.05, 3.63) is 53.5 Å². The predicted molar refractivity (Wildman–Crippen MR) is 123 cm³/mol. The molecular weight excluding hydrogens is 501 g/mol. The molecule has 0 unspecified atom stereocenters. The molecule has 0 radical (unpaired) electrons. The third kappa shape index (κ3) is 4.31. The Bertz CT molecular complexity index is 1420. The zero-order valence-corrected chi connectivity index (χ0v) is 20.2. The van der Waals surface area contributed by atoms with Crippen LogP contribution in [0.25, 0.3) is 22.1 Å². The monoisotopic (exact) mass is 524 g/mol. The lowest BCUT2D eigenvalue weighted by Gasteiger charge is -2.26. The number of ether oxygens (including phenoxy) is 1. The highest BCUT2D eigenvalue weighted by Gasteiger charge is 2.52. The first-order chi connectivity index (χ1) is 17.1. The van der Waals surface area contributed by atoms with Gasteiger partial charge in [-0.2, -0.15) is 0 Å². The Labute approximate surface area is 204 Å². The van der Waals surface area contributed by atoms with Gasteiger partial charge in [-0.3, -0.25) is 4.90 Å². The number of nitrogens with one attached hydrogen (secondary N) is 1. The van der Waals surface area contributed by atoms with Crippen molar-refractivity contribution in [1.29, 1.82) is 0 Å². The Morgan fingerprint density at radius 1 is 1.22 bits per heavy atom. The standard InChI is InChI=1S/C23H23F3N4O5S/c1-3-34-22-18-9-13(28-36(2,32)33)10-29(18)23(31)30(22)11-17-21-14(5-4-6-19(21)35-27-17)20-15(25)7-12(24)8-16(20)26/h4-8,13,18,22,28H,3,9-11H2,1-2H3/t13-,18-,22+/m0/s1. The fourth-order valence-corrected chi connectivity index (χ4v) is 5.86. The van der Waals surface area contributed by atoms with Crippen LogP contribution in [0.1, 0.15) is 19.0 Å². The number of nitrogens with zero attached hydrogens (tertiary/aromatic N) is 3. The van der Waals surface area contributed by atoms with E-state index in [1.54, 1.807) is 17.9 Å². The molecule has 9 nitrogen and oxygen atoms in total. The summed E-state index contributed by atoms with van der Waals surface area (Å²) >= 11 is 0. The van der Waals surface area contributed by atoms with Gasteiger partial charge in [-0.15, -0.1) is 0 Å². The van der Waals surface area contributed by atoms with Crippen molar-refractivity contribution in [2.45, 2.75) is 38.2 Å². The second kappa shape index (κ2) is 9.05. The maximum Gasteiger partial charge on any atom is 0.322 e. The molecule has 2 aliphatic rings. The van der Waals surface area contributed by atoms with Gasteiger partial charge in [0.25, 0.3) is 0 Å². The molecule has 2 saturated heterocycles. The van der Waals surface area contributed by atoms with Crippen molar-refractivity contribution in [1.82, 2.24) is 19.7 Å². The second-order valence-electron chi connectivity index (χ2n) is 8.85. The maximum absolute atomic E-state index is 14.6. The van der Waals surface area contributed by atoms with Gasteiger partial charge in [0.1, 0.15) is 23.1 Å². The predicted octanol–water partition coefficient (Wildman–Crippen LogP) is 3.20. The van der Waals surface area contributed by atoms with E-state index in [2.05, 4.69) is 9.88 Å². The summed E-state index contributed by atoms with van der Waals surface area (Å²) in [6.45, 7) is 2.15. The first kappa shape index (κ1) is 24.5. The minimum Gasteiger partial charge on any atom is -0.356 e. The van der Waals surface area contributed by atoms with E-state index in [1.165, 1.54) is 17.0 Å². The summed E-state index contributed by atoms with van der Waals surface area (Å²) in [7, 11) is -3.46. The number of sulfonamides is 1. The molecule has 3 atom stereocenters.